The number of fused-ring (bicyclic) bond motifs is 1. The molecule has 3 aliphatic rings. The molecule has 0 aromatic carbocycles. The van der Waals surface area contributed by atoms with Gasteiger partial charge in [-0.25, -0.2) is 19.9 Å². The molecule has 3 N–H and O–H groups in total. The number of nitrogens with one attached hydrogen (secondary N) is 1. The molecule has 2 fully saturated rings. The van der Waals surface area contributed by atoms with Crippen LogP contribution in [0.1, 0.15) is 41.7 Å². The van der Waals surface area contributed by atoms with Crippen molar-refractivity contribution in [3.05, 3.63) is 28.5 Å². The number of carbonyl (C=O) groups excluding carboxylic acids is 1. The fourth-order valence-corrected chi connectivity index (χ4v) is 5.61. The molecule has 2 aromatic heterocycles. The number of rotatable bonds is 5. The number of ether oxygens (including phenoxy) is 2. The quantitative estimate of drug-likeness (QED) is 0.717. The van der Waals surface area contributed by atoms with Gasteiger partial charge >= 0.3 is 0 Å². The minimum atomic E-state index is -0.586. The van der Waals surface area contributed by atoms with Gasteiger partial charge in [-0.3, -0.25) is 4.79 Å². The molecule has 9 nitrogen and oxygen atoms in total. The Bertz CT molecular complexity index is 977. The number of carbonyl (C=O) groups is 1. The summed E-state index contributed by atoms with van der Waals surface area (Å²) in [5.41, 5.74) is 5.67. The van der Waals surface area contributed by atoms with E-state index < -0.39 is 5.54 Å². The minimum Gasteiger partial charge on any atom is -0.473 e. The number of aromatic nitrogens is 3. The largest absolute Gasteiger partial charge is 0.473 e. The van der Waals surface area contributed by atoms with E-state index in [1.807, 2.05) is 5.38 Å². The maximum absolute atomic E-state index is 12.6. The number of thiazole rings is 1. The highest BCUT2D eigenvalue weighted by Gasteiger charge is 2.49. The van der Waals surface area contributed by atoms with Gasteiger partial charge in [0.25, 0.3) is 5.91 Å². The molecular weight excluding hydrogens is 424 g/mol. The van der Waals surface area contributed by atoms with Crippen LogP contribution in [-0.4, -0.2) is 50.6 Å². The van der Waals surface area contributed by atoms with Gasteiger partial charge in [-0.05, 0) is 26.2 Å². The van der Waals surface area contributed by atoms with Gasteiger partial charge in [0.2, 0.25) is 5.88 Å². The lowest BCUT2D eigenvalue weighted by Crippen LogP contribution is -2.49. The fourth-order valence-electron chi connectivity index (χ4n) is 3.64. The second kappa shape index (κ2) is 7.78. The molecule has 1 saturated heterocycles. The normalized spacial score (nSPS) is 28.4. The van der Waals surface area contributed by atoms with Crippen LogP contribution in [0.2, 0.25) is 0 Å². The lowest BCUT2D eigenvalue weighted by Gasteiger charge is -2.44. The Morgan fingerprint density at radius 1 is 1.37 bits per heavy atom. The van der Waals surface area contributed by atoms with Gasteiger partial charge in [0, 0.05) is 17.1 Å². The SMILES string of the molecule is CC1CC2CSC(N)=NC2(c2nc(NC(=O)c3cnc(OC4CC4)cn3)cs2)CO1. The zero-order chi connectivity index (χ0) is 20.7. The zero-order valence-corrected chi connectivity index (χ0v) is 18.0. The first-order valence-corrected chi connectivity index (χ1v) is 11.7. The third-order valence-electron chi connectivity index (χ3n) is 5.41. The van der Waals surface area contributed by atoms with Crippen molar-refractivity contribution in [2.24, 2.45) is 16.6 Å². The summed E-state index contributed by atoms with van der Waals surface area (Å²) in [5, 5.41) is 5.95. The number of aliphatic imine (C=N–C) groups is 1. The van der Waals surface area contributed by atoms with E-state index >= 15 is 0 Å². The number of anilines is 1. The van der Waals surface area contributed by atoms with Crippen LogP contribution < -0.4 is 15.8 Å². The van der Waals surface area contributed by atoms with E-state index in [9.17, 15) is 4.79 Å². The molecule has 2 aliphatic heterocycles. The van der Waals surface area contributed by atoms with Crippen LogP contribution >= 0.6 is 23.1 Å². The Kier molecular flexibility index (Phi) is 5.11. The molecule has 3 unspecified atom stereocenters. The lowest BCUT2D eigenvalue weighted by atomic mass is 9.80. The van der Waals surface area contributed by atoms with Gasteiger partial charge < -0.3 is 20.5 Å². The first-order valence-electron chi connectivity index (χ1n) is 9.87. The number of thioether (sulfide) groups is 1. The topological polar surface area (TPSA) is 125 Å². The Balaban J connectivity index is 1.32. The van der Waals surface area contributed by atoms with Crippen LogP contribution in [0.4, 0.5) is 5.82 Å². The first-order chi connectivity index (χ1) is 14.5. The number of nitrogens with two attached hydrogens (primary N) is 1. The third-order valence-corrected chi connectivity index (χ3v) is 7.38. The molecular formula is C19H22N6O3S2. The van der Waals surface area contributed by atoms with E-state index in [1.54, 1.807) is 11.8 Å². The van der Waals surface area contributed by atoms with Crippen molar-refractivity contribution in [3.63, 3.8) is 0 Å². The van der Waals surface area contributed by atoms with Crippen LogP contribution in [0.15, 0.2) is 22.8 Å². The van der Waals surface area contributed by atoms with Crippen molar-refractivity contribution in [1.82, 2.24) is 15.0 Å². The summed E-state index contributed by atoms with van der Waals surface area (Å²) in [6.45, 7) is 2.51. The van der Waals surface area contributed by atoms with Gasteiger partial charge in [0.15, 0.2) is 5.17 Å². The monoisotopic (exact) mass is 446 g/mol. The summed E-state index contributed by atoms with van der Waals surface area (Å²) in [4.78, 5) is 30.3. The highest BCUT2D eigenvalue weighted by atomic mass is 32.2. The maximum Gasteiger partial charge on any atom is 0.277 e. The fraction of sp³-hybridized carbons (Fsp3) is 0.526. The van der Waals surface area contributed by atoms with Crippen molar-refractivity contribution in [2.75, 3.05) is 17.7 Å². The van der Waals surface area contributed by atoms with Crippen molar-refractivity contribution in [2.45, 2.75) is 43.9 Å². The molecule has 3 atom stereocenters. The molecule has 1 aliphatic carbocycles. The van der Waals surface area contributed by atoms with Gasteiger partial charge in [-0.15, -0.1) is 11.3 Å². The summed E-state index contributed by atoms with van der Waals surface area (Å²) in [6, 6.07) is 0. The molecule has 1 amide bonds. The summed E-state index contributed by atoms with van der Waals surface area (Å²) in [7, 11) is 0. The van der Waals surface area contributed by atoms with Crippen molar-refractivity contribution in [1.29, 1.82) is 0 Å². The molecule has 158 valence electrons. The Morgan fingerprint density at radius 2 is 2.23 bits per heavy atom. The van der Waals surface area contributed by atoms with E-state index in [4.69, 9.17) is 20.2 Å². The van der Waals surface area contributed by atoms with E-state index in [0.717, 1.165) is 30.0 Å². The van der Waals surface area contributed by atoms with Crippen LogP contribution in [0.3, 0.4) is 0 Å². The first kappa shape index (κ1) is 19.7. The predicted octanol–water partition coefficient (Wildman–Crippen LogP) is 2.41. The smallest absolute Gasteiger partial charge is 0.277 e. The molecule has 0 bridgehead atoms. The maximum atomic E-state index is 12.6. The van der Waals surface area contributed by atoms with E-state index in [0.29, 0.717) is 23.5 Å². The molecule has 4 heterocycles. The molecule has 2 aromatic rings. The van der Waals surface area contributed by atoms with Crippen molar-refractivity contribution in [3.8, 4) is 5.88 Å². The van der Waals surface area contributed by atoms with Crippen LogP contribution in [0.25, 0.3) is 0 Å². The summed E-state index contributed by atoms with van der Waals surface area (Å²) in [5.74, 6) is 1.70. The highest BCUT2D eigenvalue weighted by molar-refractivity contribution is 8.13. The van der Waals surface area contributed by atoms with E-state index in [1.165, 1.54) is 23.7 Å². The Labute approximate surface area is 181 Å². The number of nitrogens with zero attached hydrogens (tertiary/aromatic N) is 4. The molecule has 30 heavy (non-hydrogen) atoms. The molecule has 5 rings (SSSR count). The second-order valence-corrected chi connectivity index (χ2v) is 9.69. The summed E-state index contributed by atoms with van der Waals surface area (Å²) < 4.78 is 11.5. The molecule has 11 heteroatoms. The average Bonchev–Trinajstić information content (AvgIpc) is 3.43. The lowest BCUT2D eigenvalue weighted by molar-refractivity contribution is -0.0466. The van der Waals surface area contributed by atoms with E-state index in [2.05, 4.69) is 27.2 Å². The number of amidine groups is 1. The molecule has 0 spiro atoms. The van der Waals surface area contributed by atoms with Crippen LogP contribution in [0.5, 0.6) is 5.88 Å². The van der Waals surface area contributed by atoms with E-state index in [-0.39, 0.29) is 29.7 Å². The second-order valence-electron chi connectivity index (χ2n) is 7.79. The number of hydrogen-bond acceptors (Lipinski definition) is 10. The Morgan fingerprint density at radius 3 is 3.00 bits per heavy atom. The number of amides is 1. The third kappa shape index (κ3) is 3.88. The van der Waals surface area contributed by atoms with Gasteiger partial charge in [-0.2, -0.15) is 0 Å². The van der Waals surface area contributed by atoms with Gasteiger partial charge in [-0.1, -0.05) is 11.8 Å². The minimum absolute atomic E-state index is 0.183. The van der Waals surface area contributed by atoms with Crippen LogP contribution in [-0.2, 0) is 10.3 Å². The van der Waals surface area contributed by atoms with Gasteiger partial charge in [0.05, 0.1) is 25.1 Å². The molecule has 1 saturated carbocycles. The van der Waals surface area contributed by atoms with Crippen LogP contribution in [0, 0.1) is 5.92 Å². The van der Waals surface area contributed by atoms with Crippen molar-refractivity contribution >= 4 is 40.0 Å². The van der Waals surface area contributed by atoms with Crippen molar-refractivity contribution < 1.29 is 14.3 Å². The standard InChI is InChI=1S/C19H22N6O3S2/c1-10-4-11-7-30-18(20)25-19(11,9-27-10)17-24-14(8-29-17)23-16(26)13-5-22-15(6-21-13)28-12-2-3-12/h5-6,8,10-12H,2-4,7,9H2,1H3,(H2,20,25)(H,23,26). The molecule has 0 radical (unpaired) electrons. The number of hydrogen-bond donors (Lipinski definition) is 2. The Hall–Kier alpha value is -2.24. The average molecular weight is 447 g/mol. The zero-order valence-electron chi connectivity index (χ0n) is 16.4. The van der Waals surface area contributed by atoms with Gasteiger partial charge in [0.1, 0.15) is 28.2 Å². The summed E-state index contributed by atoms with van der Waals surface area (Å²) in [6.07, 6.45) is 6.28. The summed E-state index contributed by atoms with van der Waals surface area (Å²) >= 11 is 3.03. The predicted molar refractivity (Wildman–Crippen MR) is 115 cm³/mol. The highest BCUT2D eigenvalue weighted by Crippen LogP contribution is 2.47.